The first-order valence-electron chi connectivity index (χ1n) is 27.5. The van der Waals surface area contributed by atoms with Gasteiger partial charge in [-0.15, -0.1) is 39.7 Å². The Morgan fingerprint density at radius 3 is 1.35 bits per heavy atom. The first-order chi connectivity index (χ1) is 43.5. The van der Waals surface area contributed by atoms with Gasteiger partial charge in [0.25, 0.3) is 16.7 Å². The molecule has 0 spiro atoms. The van der Waals surface area contributed by atoms with Crippen molar-refractivity contribution in [2.24, 2.45) is 0 Å². The Bertz CT molecular complexity index is 4900. The zero-order valence-corrected chi connectivity index (χ0v) is 59.3. The van der Waals surface area contributed by atoms with E-state index in [-0.39, 0.29) is 116 Å². The molecule has 0 aliphatic rings. The number of pyridine rings is 7. The number of ether oxygens (including phenoxy) is 2. The molecule has 0 unspecified atom stereocenters. The van der Waals surface area contributed by atoms with Crippen LogP contribution in [0, 0.1) is 13.8 Å². The van der Waals surface area contributed by atoms with Crippen molar-refractivity contribution in [2.75, 3.05) is 33.0 Å². The summed E-state index contributed by atoms with van der Waals surface area (Å²) in [7, 11) is 3.51. The Kier molecular flexibility index (Phi) is 31.9. The van der Waals surface area contributed by atoms with E-state index in [1.54, 1.807) is 115 Å². The van der Waals surface area contributed by atoms with E-state index in [0.29, 0.717) is 63.5 Å². The van der Waals surface area contributed by atoms with E-state index in [1.165, 1.54) is 67.8 Å². The summed E-state index contributed by atoms with van der Waals surface area (Å²) in [6.45, 7) is 8.93. The van der Waals surface area contributed by atoms with Gasteiger partial charge in [-0.05, 0) is 159 Å². The number of H-pyrrole nitrogens is 3. The molecule has 0 saturated carbocycles. The second kappa shape index (κ2) is 37.6. The number of benzene rings is 2. The maximum atomic E-state index is 12.7. The molecule has 0 aliphatic heterocycles. The molecule has 0 saturated heterocycles. The van der Waals surface area contributed by atoms with Crippen LogP contribution in [0.2, 0.25) is 0 Å². The van der Waals surface area contributed by atoms with Crippen LogP contribution in [-0.4, -0.2) is 108 Å². The molecule has 2 aromatic carbocycles. The van der Waals surface area contributed by atoms with Gasteiger partial charge in [0.2, 0.25) is 11.8 Å². The molecule has 496 valence electrons. The number of nitrogen functional groups attached to an aromatic ring is 1. The van der Waals surface area contributed by atoms with E-state index in [0.717, 1.165) is 18.7 Å². The molecule has 5 N–H and O–H groups in total. The number of nitrogens with two attached hydrogens (primary N) is 1. The predicted octanol–water partition coefficient (Wildman–Crippen LogP) is 9.37. The fourth-order valence-electron chi connectivity index (χ4n) is 8.83. The molecule has 28 heteroatoms. The second-order valence-corrected chi connectivity index (χ2v) is 24.0. The third-order valence-corrected chi connectivity index (χ3v) is 17.0. The van der Waals surface area contributed by atoms with Gasteiger partial charge >= 0.3 is 41.5 Å². The van der Waals surface area contributed by atoms with Crippen LogP contribution in [0.5, 0.6) is 0 Å². The largest absolute Gasteiger partial charge is 1.00 e. The molecule has 0 aliphatic carbocycles. The number of aromatic amines is 3. The number of aromatic nitrogens is 7. The zero-order valence-electron chi connectivity index (χ0n) is 50.8. The Morgan fingerprint density at radius 2 is 0.958 bits per heavy atom. The van der Waals surface area contributed by atoms with Crippen LogP contribution in [0.1, 0.15) is 110 Å². The molecular weight excluding hydrogens is 1480 g/mol. The minimum Gasteiger partial charge on any atom is -0.545 e. The molecule has 2 amide bonds. The van der Waals surface area contributed by atoms with E-state index in [1.807, 2.05) is 24.3 Å². The fraction of sp³-hybridized carbons (Fsp3) is 0.191. The maximum absolute atomic E-state index is 12.7. The first kappa shape index (κ1) is 81.6. The number of carbonyl (C=O) groups excluding carboxylic acids is 6. The van der Waals surface area contributed by atoms with Gasteiger partial charge in [0.1, 0.15) is 33.9 Å². The number of nitrogens with zero attached hydrogens (tertiary/aromatic N) is 6. The summed E-state index contributed by atoms with van der Waals surface area (Å²) in [6, 6.07) is 27.3. The van der Waals surface area contributed by atoms with Gasteiger partial charge in [-0.1, -0.05) is 58.7 Å². The summed E-state index contributed by atoms with van der Waals surface area (Å²) < 4.78 is 13.7. The predicted molar refractivity (Wildman–Crippen MR) is 387 cm³/mol. The van der Waals surface area contributed by atoms with E-state index in [4.69, 9.17) is 15.2 Å². The van der Waals surface area contributed by atoms with Crippen LogP contribution in [0.25, 0.3) is 65.4 Å². The van der Waals surface area contributed by atoms with Crippen LogP contribution in [-0.2, 0) is 32.2 Å². The van der Waals surface area contributed by atoms with Crippen LogP contribution in [0.15, 0.2) is 151 Å². The average Bonchev–Trinajstić information content (AvgIpc) is 1.08. The molecule has 0 radical (unpaired) electrons. The monoisotopic (exact) mass is 1540 g/mol. The molecule has 9 aromatic heterocycles. The van der Waals surface area contributed by atoms with E-state index < -0.39 is 40.1 Å². The number of thiophene rings is 2. The van der Waals surface area contributed by atoms with Gasteiger partial charge in [-0.25, -0.2) is 29.5 Å². The standard InChI is InChI=1S/C25H23N3O4S.C23H19N3O4S.C11H9BrN2O3.C6H5BrN2O.3CH4.BrH.Na/c1-4-32-25(31)19-12-17-11-16(13-26-23(17)27-24(19)30)9-10-22(29)28(3)14-21-15(2)18-7-5-6-8-20(18)33-21;1-13-16-5-3-4-6-18(16)31-19(13)12-26(2)20(27)8-7-14-9-15-10-17(23(29)30)22(28)25-21(15)24-11-14;1-2-17-11(16)8-4-6-3-7(12)5-13-9(6)14-10(8)15;7-5-1-4(3-10)6(8)9-2-5;;;;;/h5-13H,4,14H2,1-3H3,(H,26,27,30);3-11H,12H2,1-2H3,(H,29,30)(H,24,25,28);3-5H,2H2,1H3,(H,13,14,15);1-3H,(H2,8,9);3*1H4;1H;/q;;;;;;;;+1/p-1/b10-9+;8-7+;;;;;;;. The van der Waals surface area contributed by atoms with Crippen LogP contribution in [0.3, 0.4) is 0 Å². The zero-order chi connectivity index (χ0) is 65.6. The molecule has 11 rings (SSSR count). The molecule has 96 heavy (non-hydrogen) atoms. The van der Waals surface area contributed by atoms with E-state index in [9.17, 15) is 48.3 Å². The number of esters is 2. The number of aldehydes is 1. The van der Waals surface area contributed by atoms with E-state index in [2.05, 4.69) is 105 Å². The van der Waals surface area contributed by atoms with Gasteiger partial charge < -0.3 is 49.9 Å². The molecule has 0 fully saturated rings. The number of likely N-dealkylation sites (N-methyl/N-ethyl adjacent to an activating group) is 2. The molecule has 0 atom stereocenters. The number of hydrogen-bond acceptors (Lipinski definition) is 19. The van der Waals surface area contributed by atoms with Crippen molar-refractivity contribution in [3.63, 3.8) is 0 Å². The quantitative estimate of drug-likeness (QED) is 0.0341. The van der Waals surface area contributed by atoms with Gasteiger partial charge in [-0.3, -0.25) is 28.8 Å². The minimum absolute atomic E-state index is 0. The number of aryl methyl sites for hydroxylation is 2. The normalized spacial score (nSPS) is 10.4. The Morgan fingerprint density at radius 1 is 0.583 bits per heavy atom. The summed E-state index contributed by atoms with van der Waals surface area (Å²) in [5.74, 6) is -2.92. The summed E-state index contributed by atoms with van der Waals surface area (Å²) >= 11 is 9.81. The smallest absolute Gasteiger partial charge is 0.545 e. The van der Waals surface area contributed by atoms with Crippen molar-refractivity contribution in [3.8, 4) is 0 Å². The van der Waals surface area contributed by atoms with Gasteiger partial charge in [0.05, 0.1) is 43.4 Å². The Labute approximate surface area is 609 Å². The molecule has 0 bridgehead atoms. The third-order valence-electron chi connectivity index (χ3n) is 13.6. The average molecular weight is 1540 g/mol. The Hall–Kier alpha value is -8.67. The van der Waals surface area contributed by atoms with Gasteiger partial charge in [0.15, 0.2) is 6.29 Å². The summed E-state index contributed by atoms with van der Waals surface area (Å²) in [6.07, 6.45) is 13.0. The number of nitrogens with one attached hydrogen (secondary N) is 3. The van der Waals surface area contributed by atoms with Gasteiger partial charge in [0, 0.05) is 95.3 Å². The summed E-state index contributed by atoms with van der Waals surface area (Å²) in [4.78, 5) is 135. The molecule has 11 aromatic rings. The van der Waals surface area contributed by atoms with Crippen molar-refractivity contribution in [3.05, 3.63) is 222 Å². The summed E-state index contributed by atoms with van der Waals surface area (Å²) in [5, 5.41) is 15.2. The molecule has 22 nitrogen and oxygen atoms in total. The maximum Gasteiger partial charge on any atom is 1.00 e. The SMILES string of the molecule is Br.C.C.C.CCOC(=O)c1cc2cc(/C=C/C(=O)N(C)Cc3sc4ccccc4c3C)cnc2[nH]c1=O.CCOC(=O)c1cc2cc(Br)cnc2[nH]c1=O.Cc1c(CN(C)C(=O)/C=C/c2cnc3[nH]c(=O)c(C(=O)[O-])cc3c2)sc2ccccc12.Nc1ncc(Br)cc1C=O.[Na+]. The van der Waals surface area contributed by atoms with E-state index >= 15 is 0 Å². The fourth-order valence-corrected chi connectivity index (χ4v) is 12.1. The topological polar surface area (TPSA) is 327 Å². The van der Waals surface area contributed by atoms with Crippen LogP contribution in [0.4, 0.5) is 5.82 Å². The number of hydrogen-bond donors (Lipinski definition) is 4. The third kappa shape index (κ3) is 20.7. The number of anilines is 1. The molecular formula is C68H68Br3N10NaO12S2. The number of carboxylic acids is 1. The van der Waals surface area contributed by atoms with Crippen LogP contribution >= 0.6 is 71.5 Å². The van der Waals surface area contributed by atoms with Crippen molar-refractivity contribution in [2.45, 2.75) is 63.1 Å². The molecule has 9 heterocycles. The number of amides is 2. The number of carbonyl (C=O) groups is 6. The van der Waals surface area contributed by atoms with Crippen LogP contribution < -0.4 is 57.1 Å². The van der Waals surface area contributed by atoms with Gasteiger partial charge in [-0.2, -0.15) is 0 Å². The second-order valence-electron chi connectivity index (χ2n) is 19.9. The Balaban J connectivity index is 0.000000352. The number of fused-ring (bicyclic) bond motifs is 5. The first-order valence-corrected chi connectivity index (χ1v) is 30.7. The number of halogens is 3. The van der Waals surface area contributed by atoms with Crippen molar-refractivity contribution < 1.29 is 72.9 Å². The van der Waals surface area contributed by atoms with Crippen molar-refractivity contribution in [1.82, 2.24) is 44.7 Å². The minimum atomic E-state index is -1.56. The summed E-state index contributed by atoms with van der Waals surface area (Å²) in [5.41, 5.74) is 8.07. The van der Waals surface area contributed by atoms with Crippen molar-refractivity contribution in [1.29, 1.82) is 0 Å². The number of aromatic carboxylic acids is 1. The number of carboxylic acid groups (broad SMARTS) is 1. The number of rotatable bonds is 14. The van der Waals surface area contributed by atoms with Crippen molar-refractivity contribution >= 4 is 179 Å².